The lowest BCUT2D eigenvalue weighted by Gasteiger charge is -2.27. The minimum Gasteiger partial charge on any atom is -0.497 e. The number of nitrogens with zero attached hydrogens (tertiary/aromatic N) is 5. The SMILES string of the molecule is COCCN(CC(=O)N1CCCN(c2ccc(-c3ccc(OC)cc3)nn2)CC1)C(=O)c1ccc2c(c1)OCO2. The van der Waals surface area contributed by atoms with Crippen LogP contribution >= 0.6 is 0 Å². The molecule has 0 aliphatic carbocycles. The van der Waals surface area contributed by atoms with Crippen molar-refractivity contribution in [3.05, 3.63) is 60.2 Å². The molecule has 0 saturated carbocycles. The van der Waals surface area contributed by atoms with E-state index in [2.05, 4.69) is 15.1 Å². The van der Waals surface area contributed by atoms with Gasteiger partial charge in [-0.15, -0.1) is 10.2 Å². The number of carbonyl (C=O) groups excluding carboxylic acids is 2. The topological polar surface area (TPSA) is 107 Å². The number of carbonyl (C=O) groups is 2. The maximum absolute atomic E-state index is 13.3. The van der Waals surface area contributed by atoms with Gasteiger partial charge in [0.15, 0.2) is 17.3 Å². The van der Waals surface area contributed by atoms with E-state index in [1.54, 1.807) is 32.4 Å². The molecular weight excluding hydrogens is 514 g/mol. The van der Waals surface area contributed by atoms with Gasteiger partial charge in [0.25, 0.3) is 5.91 Å². The highest BCUT2D eigenvalue weighted by Gasteiger charge is 2.26. The molecule has 1 aromatic heterocycles. The molecule has 11 nitrogen and oxygen atoms in total. The van der Waals surface area contributed by atoms with Crippen LogP contribution in [0.1, 0.15) is 16.8 Å². The van der Waals surface area contributed by atoms with Crippen molar-refractivity contribution in [3.8, 4) is 28.5 Å². The zero-order valence-electron chi connectivity index (χ0n) is 22.7. The van der Waals surface area contributed by atoms with Gasteiger partial charge in [-0.1, -0.05) is 0 Å². The molecule has 2 aliphatic rings. The number of benzene rings is 2. The van der Waals surface area contributed by atoms with Crippen molar-refractivity contribution in [2.45, 2.75) is 6.42 Å². The number of amides is 2. The van der Waals surface area contributed by atoms with Gasteiger partial charge in [0, 0.05) is 51.0 Å². The smallest absolute Gasteiger partial charge is 0.254 e. The van der Waals surface area contributed by atoms with Gasteiger partial charge in [0.1, 0.15) is 12.3 Å². The highest BCUT2D eigenvalue weighted by molar-refractivity contribution is 5.97. The van der Waals surface area contributed by atoms with Crippen molar-refractivity contribution >= 4 is 17.6 Å². The fourth-order valence-corrected chi connectivity index (χ4v) is 4.73. The summed E-state index contributed by atoms with van der Waals surface area (Å²) in [4.78, 5) is 32.1. The van der Waals surface area contributed by atoms with Gasteiger partial charge in [-0.2, -0.15) is 0 Å². The van der Waals surface area contributed by atoms with Crippen LogP contribution in [-0.2, 0) is 9.53 Å². The second-order valence-corrected chi connectivity index (χ2v) is 9.51. The first-order valence-electron chi connectivity index (χ1n) is 13.2. The van der Waals surface area contributed by atoms with E-state index in [1.165, 1.54) is 4.90 Å². The molecule has 2 aliphatic heterocycles. The van der Waals surface area contributed by atoms with Crippen molar-refractivity contribution in [1.82, 2.24) is 20.0 Å². The molecule has 0 unspecified atom stereocenters. The van der Waals surface area contributed by atoms with Crippen molar-refractivity contribution in [1.29, 1.82) is 0 Å². The molecule has 0 bridgehead atoms. The Morgan fingerprint density at radius 1 is 0.925 bits per heavy atom. The molecule has 5 rings (SSSR count). The number of aromatic nitrogens is 2. The molecule has 0 N–H and O–H groups in total. The average molecular weight is 548 g/mol. The molecule has 1 saturated heterocycles. The van der Waals surface area contributed by atoms with Crippen LogP contribution in [0.25, 0.3) is 11.3 Å². The highest BCUT2D eigenvalue weighted by Crippen LogP contribution is 2.33. The Hall–Kier alpha value is -4.38. The van der Waals surface area contributed by atoms with E-state index < -0.39 is 0 Å². The molecule has 2 aromatic carbocycles. The standard InChI is InChI=1S/C29H33N5O6/c1-37-17-16-34(29(36)22-6-10-25-26(18-22)40-20-39-25)19-28(35)33-13-3-12-32(14-15-33)27-11-9-24(30-31-27)21-4-7-23(38-2)8-5-21/h4-11,18H,3,12-17,19-20H2,1-2H3. The number of hydrogen-bond donors (Lipinski definition) is 0. The summed E-state index contributed by atoms with van der Waals surface area (Å²) in [6, 6.07) is 16.6. The number of methoxy groups -OCH3 is 2. The van der Waals surface area contributed by atoms with E-state index in [9.17, 15) is 9.59 Å². The Morgan fingerprint density at radius 3 is 2.50 bits per heavy atom. The van der Waals surface area contributed by atoms with Gasteiger partial charge in [-0.3, -0.25) is 9.59 Å². The van der Waals surface area contributed by atoms with Crippen LogP contribution in [-0.4, -0.2) is 98.7 Å². The van der Waals surface area contributed by atoms with Crippen LogP contribution in [0.15, 0.2) is 54.6 Å². The van der Waals surface area contributed by atoms with Gasteiger partial charge in [-0.25, -0.2) is 0 Å². The Morgan fingerprint density at radius 2 is 1.75 bits per heavy atom. The molecule has 3 heterocycles. The van der Waals surface area contributed by atoms with E-state index >= 15 is 0 Å². The Balaban J connectivity index is 1.20. The lowest BCUT2D eigenvalue weighted by atomic mass is 10.1. The van der Waals surface area contributed by atoms with Crippen molar-refractivity contribution in [3.63, 3.8) is 0 Å². The minimum atomic E-state index is -0.257. The zero-order chi connectivity index (χ0) is 27.9. The molecule has 1 fully saturated rings. The second-order valence-electron chi connectivity index (χ2n) is 9.51. The lowest BCUT2D eigenvalue weighted by Crippen LogP contribution is -2.45. The predicted octanol–water partition coefficient (Wildman–Crippen LogP) is 2.71. The monoisotopic (exact) mass is 547 g/mol. The third-order valence-electron chi connectivity index (χ3n) is 7.01. The third-order valence-corrected chi connectivity index (χ3v) is 7.01. The maximum Gasteiger partial charge on any atom is 0.254 e. The van der Waals surface area contributed by atoms with E-state index in [-0.39, 0.29) is 25.2 Å². The summed E-state index contributed by atoms with van der Waals surface area (Å²) < 4.78 is 21.2. The summed E-state index contributed by atoms with van der Waals surface area (Å²) in [5.41, 5.74) is 2.17. The van der Waals surface area contributed by atoms with Crippen molar-refractivity contribution in [2.75, 3.05) is 71.8 Å². The van der Waals surface area contributed by atoms with Gasteiger partial charge in [-0.05, 0) is 61.0 Å². The first kappa shape index (κ1) is 27.2. The molecular formula is C29H33N5O6. The summed E-state index contributed by atoms with van der Waals surface area (Å²) in [7, 11) is 3.21. The minimum absolute atomic E-state index is 0.0347. The molecule has 0 atom stereocenters. The molecule has 2 amide bonds. The van der Waals surface area contributed by atoms with Crippen LogP contribution in [0.5, 0.6) is 17.2 Å². The first-order chi connectivity index (χ1) is 19.6. The van der Waals surface area contributed by atoms with Crippen LogP contribution in [0.2, 0.25) is 0 Å². The fraction of sp³-hybridized carbons (Fsp3) is 0.379. The van der Waals surface area contributed by atoms with E-state index in [0.29, 0.717) is 49.8 Å². The number of fused-ring (bicyclic) bond motifs is 1. The normalized spacial score (nSPS) is 14.6. The summed E-state index contributed by atoms with van der Waals surface area (Å²) in [5, 5.41) is 8.87. The third kappa shape index (κ3) is 6.26. The average Bonchev–Trinajstić information content (AvgIpc) is 3.33. The maximum atomic E-state index is 13.3. The Labute approximate surface area is 233 Å². The van der Waals surface area contributed by atoms with Crippen LogP contribution in [0.3, 0.4) is 0 Å². The van der Waals surface area contributed by atoms with Crippen molar-refractivity contribution < 1.29 is 28.5 Å². The van der Waals surface area contributed by atoms with E-state index in [0.717, 1.165) is 35.8 Å². The van der Waals surface area contributed by atoms with Crippen LogP contribution < -0.4 is 19.1 Å². The van der Waals surface area contributed by atoms with Gasteiger partial charge < -0.3 is 33.6 Å². The number of ether oxygens (including phenoxy) is 4. The Kier molecular flexibility index (Phi) is 8.60. The Bertz CT molecular complexity index is 1320. The molecule has 40 heavy (non-hydrogen) atoms. The second kappa shape index (κ2) is 12.6. The first-order valence-corrected chi connectivity index (χ1v) is 13.2. The number of hydrogen-bond acceptors (Lipinski definition) is 9. The summed E-state index contributed by atoms with van der Waals surface area (Å²) in [5.74, 6) is 2.32. The molecule has 0 spiro atoms. The van der Waals surface area contributed by atoms with E-state index in [1.807, 2.05) is 41.3 Å². The summed E-state index contributed by atoms with van der Waals surface area (Å²) >= 11 is 0. The largest absolute Gasteiger partial charge is 0.497 e. The van der Waals surface area contributed by atoms with Gasteiger partial charge in [0.05, 0.1) is 19.4 Å². The van der Waals surface area contributed by atoms with Gasteiger partial charge in [0.2, 0.25) is 12.7 Å². The predicted molar refractivity (Wildman–Crippen MR) is 148 cm³/mol. The van der Waals surface area contributed by atoms with Crippen LogP contribution in [0, 0.1) is 0 Å². The zero-order valence-corrected chi connectivity index (χ0v) is 22.7. The van der Waals surface area contributed by atoms with Crippen LogP contribution in [0.4, 0.5) is 5.82 Å². The van der Waals surface area contributed by atoms with E-state index in [4.69, 9.17) is 18.9 Å². The lowest BCUT2D eigenvalue weighted by molar-refractivity contribution is -0.131. The molecule has 11 heteroatoms. The molecule has 210 valence electrons. The summed E-state index contributed by atoms with van der Waals surface area (Å²) in [6.45, 7) is 3.21. The highest BCUT2D eigenvalue weighted by atomic mass is 16.7. The number of rotatable bonds is 9. The molecule has 0 radical (unpaired) electrons. The molecule has 3 aromatic rings. The van der Waals surface area contributed by atoms with Gasteiger partial charge >= 0.3 is 0 Å². The van der Waals surface area contributed by atoms with Crippen molar-refractivity contribution in [2.24, 2.45) is 0 Å². The summed E-state index contributed by atoms with van der Waals surface area (Å²) in [6.07, 6.45) is 0.780. The fourth-order valence-electron chi connectivity index (χ4n) is 4.73. The quantitative estimate of drug-likeness (QED) is 0.400. The number of anilines is 1.